The smallest absolute Gasteiger partial charge is 0.422 e. The number of para-hydroxylation sites is 2. The van der Waals surface area contributed by atoms with Gasteiger partial charge < -0.3 is 9.47 Å². The van der Waals surface area contributed by atoms with Gasteiger partial charge in [-0.2, -0.15) is 13.2 Å². The summed E-state index contributed by atoms with van der Waals surface area (Å²) < 4.78 is 49.0. The molecule has 0 atom stereocenters. The van der Waals surface area contributed by atoms with E-state index in [0.717, 1.165) is 5.69 Å². The highest BCUT2D eigenvalue weighted by atomic mass is 32.1. The second-order valence-corrected chi connectivity index (χ2v) is 7.34. The summed E-state index contributed by atoms with van der Waals surface area (Å²) in [6.45, 7) is 4.75. The van der Waals surface area contributed by atoms with Crippen molar-refractivity contribution in [1.29, 1.82) is 0 Å². The predicted molar refractivity (Wildman–Crippen MR) is 87.6 cm³/mol. The van der Waals surface area contributed by atoms with Crippen molar-refractivity contribution in [3.05, 3.63) is 36.2 Å². The number of benzene rings is 1. The summed E-state index contributed by atoms with van der Waals surface area (Å²) in [4.78, 5) is 5.14. The minimum Gasteiger partial charge on any atom is -0.480 e. The molecular weight excluding hydrogens is 355 g/mol. The number of nitrogens with zero attached hydrogens (tertiary/aromatic N) is 3. The van der Waals surface area contributed by atoms with Gasteiger partial charge in [-0.3, -0.25) is 0 Å². The molecular formula is C16H16F3N3O2S. The first-order valence-corrected chi connectivity index (χ1v) is 8.26. The second-order valence-electron chi connectivity index (χ2n) is 6.42. The van der Waals surface area contributed by atoms with Crippen molar-refractivity contribution in [3.63, 3.8) is 0 Å². The van der Waals surface area contributed by atoms with Crippen molar-refractivity contribution in [2.24, 2.45) is 0 Å². The summed E-state index contributed by atoms with van der Waals surface area (Å²) >= 11 is 1.20. The molecule has 2 aromatic heterocycles. The highest BCUT2D eigenvalue weighted by molar-refractivity contribution is 7.18. The molecule has 0 aliphatic rings. The molecule has 5 nitrogen and oxygen atoms in total. The fourth-order valence-corrected chi connectivity index (χ4v) is 2.74. The molecule has 0 aliphatic carbocycles. The highest BCUT2D eigenvalue weighted by Gasteiger charge is 2.29. The van der Waals surface area contributed by atoms with Crippen molar-refractivity contribution in [2.75, 3.05) is 6.61 Å². The van der Waals surface area contributed by atoms with Crippen molar-refractivity contribution in [2.45, 2.75) is 32.4 Å². The number of rotatable bonds is 4. The summed E-state index contributed by atoms with van der Waals surface area (Å²) in [6, 6.07) is 6.16. The van der Waals surface area contributed by atoms with Crippen LogP contribution < -0.4 is 9.47 Å². The quantitative estimate of drug-likeness (QED) is 0.660. The third kappa shape index (κ3) is 4.22. The Balaban J connectivity index is 1.80. The van der Waals surface area contributed by atoms with E-state index in [0.29, 0.717) is 4.96 Å². The van der Waals surface area contributed by atoms with Gasteiger partial charge in [0.05, 0.1) is 11.9 Å². The Bertz CT molecular complexity index is 849. The maximum Gasteiger partial charge on any atom is 0.422 e. The maximum absolute atomic E-state index is 12.3. The number of aromatic nitrogens is 3. The Morgan fingerprint density at radius 1 is 1.12 bits per heavy atom. The van der Waals surface area contributed by atoms with E-state index in [1.807, 2.05) is 27.0 Å². The van der Waals surface area contributed by atoms with Crippen LogP contribution in [0.2, 0.25) is 0 Å². The lowest BCUT2D eigenvalue weighted by molar-refractivity contribution is -0.153. The van der Waals surface area contributed by atoms with Gasteiger partial charge in [-0.15, -0.1) is 5.10 Å². The number of hydrogen-bond acceptors (Lipinski definition) is 5. The lowest BCUT2D eigenvalue weighted by Crippen LogP contribution is -2.19. The number of fused-ring (bicyclic) bond motifs is 1. The topological polar surface area (TPSA) is 48.7 Å². The van der Waals surface area contributed by atoms with Gasteiger partial charge in [0.25, 0.3) is 5.19 Å². The van der Waals surface area contributed by atoms with Crippen LogP contribution in [0.4, 0.5) is 13.2 Å². The third-order valence-electron chi connectivity index (χ3n) is 3.23. The molecule has 0 N–H and O–H groups in total. The number of alkyl halides is 3. The van der Waals surface area contributed by atoms with E-state index in [-0.39, 0.29) is 22.1 Å². The van der Waals surface area contributed by atoms with Crippen LogP contribution in [0, 0.1) is 0 Å². The molecule has 0 fully saturated rings. The van der Waals surface area contributed by atoms with Gasteiger partial charge >= 0.3 is 6.18 Å². The van der Waals surface area contributed by atoms with Crippen LogP contribution >= 0.6 is 11.3 Å². The zero-order chi connectivity index (χ0) is 18.2. The fourth-order valence-electron chi connectivity index (χ4n) is 1.99. The van der Waals surface area contributed by atoms with E-state index < -0.39 is 12.8 Å². The zero-order valence-corrected chi connectivity index (χ0v) is 14.6. The SMILES string of the molecule is CC(C)(C)c1cn2nc(Oc3ccccc3OCC(F)(F)F)sc2n1. The standard InChI is InChI=1S/C16H16F3N3O2S/c1-15(2,3)12-8-22-13(20-12)25-14(21-22)24-11-7-5-4-6-10(11)23-9-16(17,18)19/h4-8H,9H2,1-3H3. The molecule has 0 spiro atoms. The van der Waals surface area contributed by atoms with Crippen molar-refractivity contribution in [3.8, 4) is 16.7 Å². The molecule has 0 unspecified atom stereocenters. The monoisotopic (exact) mass is 371 g/mol. The van der Waals surface area contributed by atoms with Crippen molar-refractivity contribution >= 4 is 16.3 Å². The van der Waals surface area contributed by atoms with Crippen LogP contribution in [0.3, 0.4) is 0 Å². The number of hydrogen-bond donors (Lipinski definition) is 0. The van der Waals surface area contributed by atoms with Gasteiger partial charge in [0.15, 0.2) is 18.1 Å². The van der Waals surface area contributed by atoms with E-state index in [1.165, 1.54) is 23.5 Å². The average molecular weight is 371 g/mol. The molecule has 9 heteroatoms. The van der Waals surface area contributed by atoms with Crippen molar-refractivity contribution < 1.29 is 22.6 Å². The molecule has 0 saturated carbocycles. The maximum atomic E-state index is 12.3. The average Bonchev–Trinajstić information content (AvgIpc) is 3.03. The Kier molecular flexibility index (Phi) is 4.36. The van der Waals surface area contributed by atoms with Crippen molar-refractivity contribution in [1.82, 2.24) is 14.6 Å². The number of ether oxygens (including phenoxy) is 2. The Morgan fingerprint density at radius 2 is 1.80 bits per heavy atom. The summed E-state index contributed by atoms with van der Waals surface area (Å²) in [5.41, 5.74) is 0.790. The molecule has 3 aromatic rings. The van der Waals surface area contributed by atoms with Gasteiger partial charge in [-0.05, 0) is 23.5 Å². The van der Waals surface area contributed by atoms with Gasteiger partial charge in [0.2, 0.25) is 4.96 Å². The Hall–Kier alpha value is -2.29. The Morgan fingerprint density at radius 3 is 2.40 bits per heavy atom. The normalized spacial score (nSPS) is 12.6. The fraction of sp³-hybridized carbons (Fsp3) is 0.375. The van der Waals surface area contributed by atoms with E-state index in [2.05, 4.69) is 10.1 Å². The van der Waals surface area contributed by atoms with E-state index in [4.69, 9.17) is 9.47 Å². The molecule has 0 bridgehead atoms. The first kappa shape index (κ1) is 17.5. The zero-order valence-electron chi connectivity index (χ0n) is 13.8. The molecule has 0 radical (unpaired) electrons. The van der Waals surface area contributed by atoms with Gasteiger partial charge in [-0.1, -0.05) is 32.9 Å². The lowest BCUT2D eigenvalue weighted by Gasteiger charge is -2.13. The van der Waals surface area contributed by atoms with Gasteiger partial charge in [0.1, 0.15) is 0 Å². The molecule has 1 aromatic carbocycles. The third-order valence-corrected chi connectivity index (χ3v) is 4.03. The summed E-state index contributed by atoms with van der Waals surface area (Å²) in [5.74, 6) is 0.169. The predicted octanol–water partition coefficient (Wildman–Crippen LogP) is 4.82. The van der Waals surface area contributed by atoms with Crippen LogP contribution in [0.1, 0.15) is 26.5 Å². The number of halogens is 3. The van der Waals surface area contributed by atoms with E-state index >= 15 is 0 Å². The van der Waals surface area contributed by atoms with Crippen LogP contribution in [-0.2, 0) is 5.41 Å². The minimum absolute atomic E-state index is 0.00282. The molecule has 2 heterocycles. The second kappa shape index (κ2) is 6.21. The Labute approximate surface area is 146 Å². The lowest BCUT2D eigenvalue weighted by atomic mass is 9.93. The van der Waals surface area contributed by atoms with Crippen LogP contribution in [0.5, 0.6) is 16.7 Å². The molecule has 0 amide bonds. The summed E-state index contributed by atoms with van der Waals surface area (Å²) in [6.07, 6.45) is -2.61. The van der Waals surface area contributed by atoms with Crippen LogP contribution in [-0.4, -0.2) is 27.4 Å². The molecule has 25 heavy (non-hydrogen) atoms. The minimum atomic E-state index is -4.42. The van der Waals surface area contributed by atoms with Crippen LogP contribution in [0.15, 0.2) is 30.5 Å². The number of imidazole rings is 1. The first-order chi connectivity index (χ1) is 11.6. The first-order valence-electron chi connectivity index (χ1n) is 7.45. The molecule has 0 aliphatic heterocycles. The highest BCUT2D eigenvalue weighted by Crippen LogP contribution is 2.35. The van der Waals surface area contributed by atoms with Gasteiger partial charge in [-0.25, -0.2) is 9.50 Å². The van der Waals surface area contributed by atoms with E-state index in [1.54, 1.807) is 16.6 Å². The van der Waals surface area contributed by atoms with E-state index in [9.17, 15) is 13.2 Å². The molecule has 134 valence electrons. The molecule has 3 rings (SSSR count). The largest absolute Gasteiger partial charge is 0.480 e. The summed E-state index contributed by atoms with van der Waals surface area (Å²) in [7, 11) is 0. The van der Waals surface area contributed by atoms with Crippen LogP contribution in [0.25, 0.3) is 4.96 Å². The molecule has 0 saturated heterocycles. The summed E-state index contributed by atoms with van der Waals surface area (Å²) in [5, 5.41) is 4.53. The van der Waals surface area contributed by atoms with Gasteiger partial charge in [0, 0.05) is 5.41 Å².